The summed E-state index contributed by atoms with van der Waals surface area (Å²) in [7, 11) is 0. The lowest BCUT2D eigenvalue weighted by Gasteiger charge is -2.27. The number of carbonyl (C=O) groups is 1. The maximum atomic E-state index is 11.4. The molecule has 0 aliphatic heterocycles. The van der Waals surface area contributed by atoms with E-state index in [9.17, 15) is 9.90 Å². The van der Waals surface area contributed by atoms with Crippen LogP contribution in [0.25, 0.3) is 0 Å². The fourth-order valence-electron chi connectivity index (χ4n) is 3.03. The first kappa shape index (κ1) is 14.8. The average molecular weight is 276 g/mol. The minimum atomic E-state index is -0.908. The number of pyridine rings is 1. The summed E-state index contributed by atoms with van der Waals surface area (Å²) in [6.45, 7) is 6.81. The SMILES string of the molecule is Cc1cc(NCC2CCC(C)CC2)c(C(=O)O)c(C)n1. The van der Waals surface area contributed by atoms with Crippen LogP contribution in [-0.2, 0) is 0 Å². The van der Waals surface area contributed by atoms with Gasteiger partial charge in [-0.3, -0.25) is 4.98 Å². The lowest BCUT2D eigenvalue weighted by atomic mass is 9.83. The van der Waals surface area contributed by atoms with Crippen molar-refractivity contribution in [1.82, 2.24) is 4.98 Å². The largest absolute Gasteiger partial charge is 0.478 e. The lowest BCUT2D eigenvalue weighted by Crippen LogP contribution is -2.21. The van der Waals surface area contributed by atoms with E-state index >= 15 is 0 Å². The molecular weight excluding hydrogens is 252 g/mol. The molecule has 1 fully saturated rings. The Kier molecular flexibility index (Phi) is 4.63. The van der Waals surface area contributed by atoms with E-state index in [1.807, 2.05) is 13.0 Å². The molecule has 1 aromatic rings. The molecule has 4 heteroatoms. The van der Waals surface area contributed by atoms with Crippen LogP contribution in [-0.4, -0.2) is 22.6 Å². The smallest absolute Gasteiger partial charge is 0.339 e. The maximum Gasteiger partial charge on any atom is 0.339 e. The summed E-state index contributed by atoms with van der Waals surface area (Å²) in [6.07, 6.45) is 5.04. The molecule has 0 spiro atoms. The van der Waals surface area contributed by atoms with E-state index < -0.39 is 5.97 Å². The van der Waals surface area contributed by atoms with Crippen LogP contribution >= 0.6 is 0 Å². The second-order valence-corrected chi connectivity index (χ2v) is 6.08. The van der Waals surface area contributed by atoms with Crippen LogP contribution in [0.4, 0.5) is 5.69 Å². The van der Waals surface area contributed by atoms with Gasteiger partial charge in [0.25, 0.3) is 0 Å². The normalized spacial score (nSPS) is 22.6. The number of aryl methyl sites for hydroxylation is 2. The van der Waals surface area contributed by atoms with Crippen molar-refractivity contribution in [3.63, 3.8) is 0 Å². The van der Waals surface area contributed by atoms with Crippen molar-refractivity contribution in [3.05, 3.63) is 23.0 Å². The molecular formula is C16H24N2O2. The molecule has 0 radical (unpaired) electrons. The van der Waals surface area contributed by atoms with Gasteiger partial charge in [-0.05, 0) is 44.6 Å². The third kappa shape index (κ3) is 3.50. The molecule has 110 valence electrons. The summed E-state index contributed by atoms with van der Waals surface area (Å²) in [4.78, 5) is 15.6. The summed E-state index contributed by atoms with van der Waals surface area (Å²) < 4.78 is 0. The van der Waals surface area contributed by atoms with Gasteiger partial charge >= 0.3 is 5.97 Å². The van der Waals surface area contributed by atoms with Gasteiger partial charge in [0.1, 0.15) is 5.56 Å². The first-order valence-electron chi connectivity index (χ1n) is 7.42. The van der Waals surface area contributed by atoms with Crippen LogP contribution < -0.4 is 5.32 Å². The van der Waals surface area contributed by atoms with Crippen molar-refractivity contribution in [2.75, 3.05) is 11.9 Å². The minimum Gasteiger partial charge on any atom is -0.478 e. The van der Waals surface area contributed by atoms with E-state index in [0.29, 0.717) is 22.9 Å². The Morgan fingerprint density at radius 3 is 2.60 bits per heavy atom. The van der Waals surface area contributed by atoms with E-state index in [2.05, 4.69) is 17.2 Å². The first-order chi connectivity index (χ1) is 9.47. The van der Waals surface area contributed by atoms with Crippen molar-refractivity contribution >= 4 is 11.7 Å². The molecule has 1 aromatic heterocycles. The van der Waals surface area contributed by atoms with Gasteiger partial charge in [-0.15, -0.1) is 0 Å². The Morgan fingerprint density at radius 2 is 2.00 bits per heavy atom. The Labute approximate surface area is 120 Å². The highest BCUT2D eigenvalue weighted by molar-refractivity contribution is 5.95. The van der Waals surface area contributed by atoms with Crippen molar-refractivity contribution < 1.29 is 9.90 Å². The minimum absolute atomic E-state index is 0.305. The van der Waals surface area contributed by atoms with Gasteiger partial charge in [0.05, 0.1) is 11.4 Å². The lowest BCUT2D eigenvalue weighted by molar-refractivity contribution is 0.0696. The molecule has 4 nitrogen and oxygen atoms in total. The van der Waals surface area contributed by atoms with E-state index in [0.717, 1.165) is 18.2 Å². The number of carboxylic acids is 1. The van der Waals surface area contributed by atoms with Crippen molar-refractivity contribution in [2.45, 2.75) is 46.5 Å². The summed E-state index contributed by atoms with van der Waals surface area (Å²) in [5, 5.41) is 12.7. The van der Waals surface area contributed by atoms with Gasteiger partial charge in [0.15, 0.2) is 0 Å². The molecule has 1 aliphatic rings. The topological polar surface area (TPSA) is 62.2 Å². The molecule has 1 saturated carbocycles. The standard InChI is InChI=1S/C16H24N2O2/c1-10-4-6-13(7-5-10)9-17-14-8-11(2)18-12(3)15(14)16(19)20/h8,10,13H,4-7,9H2,1-3H3,(H,17,18)(H,19,20). The van der Waals surface area contributed by atoms with Gasteiger partial charge in [0, 0.05) is 12.2 Å². The summed E-state index contributed by atoms with van der Waals surface area (Å²) in [6, 6.07) is 1.84. The highest BCUT2D eigenvalue weighted by Crippen LogP contribution is 2.29. The summed E-state index contributed by atoms with van der Waals surface area (Å²) >= 11 is 0. The number of nitrogens with one attached hydrogen (secondary N) is 1. The van der Waals surface area contributed by atoms with E-state index in [1.165, 1.54) is 25.7 Å². The van der Waals surface area contributed by atoms with Gasteiger partial charge in [-0.2, -0.15) is 0 Å². The molecule has 1 aliphatic carbocycles. The monoisotopic (exact) mass is 276 g/mol. The van der Waals surface area contributed by atoms with Gasteiger partial charge < -0.3 is 10.4 Å². The second kappa shape index (κ2) is 6.25. The summed E-state index contributed by atoms with van der Waals surface area (Å²) in [5.74, 6) is 0.586. The number of anilines is 1. The zero-order chi connectivity index (χ0) is 14.7. The average Bonchev–Trinajstić information content (AvgIpc) is 2.36. The molecule has 0 atom stereocenters. The molecule has 20 heavy (non-hydrogen) atoms. The predicted molar refractivity (Wildman–Crippen MR) is 80.3 cm³/mol. The Bertz CT molecular complexity index is 491. The Morgan fingerprint density at radius 1 is 1.35 bits per heavy atom. The molecule has 0 amide bonds. The van der Waals surface area contributed by atoms with Crippen LogP contribution in [0.15, 0.2) is 6.07 Å². The number of aromatic carboxylic acids is 1. The van der Waals surface area contributed by atoms with Gasteiger partial charge in [0.2, 0.25) is 0 Å². The number of nitrogens with zero attached hydrogens (tertiary/aromatic N) is 1. The van der Waals surface area contributed by atoms with Crippen LogP contribution in [0, 0.1) is 25.7 Å². The molecule has 0 unspecified atom stereocenters. The summed E-state index contributed by atoms with van der Waals surface area (Å²) in [5.41, 5.74) is 2.45. The van der Waals surface area contributed by atoms with E-state index in [1.54, 1.807) is 6.92 Å². The highest BCUT2D eigenvalue weighted by atomic mass is 16.4. The Balaban J connectivity index is 2.07. The van der Waals surface area contributed by atoms with Crippen molar-refractivity contribution in [1.29, 1.82) is 0 Å². The third-order valence-electron chi connectivity index (χ3n) is 4.26. The molecule has 0 bridgehead atoms. The van der Waals surface area contributed by atoms with Gasteiger partial charge in [-0.25, -0.2) is 4.79 Å². The highest BCUT2D eigenvalue weighted by Gasteiger charge is 2.20. The van der Waals surface area contributed by atoms with Crippen molar-refractivity contribution in [3.8, 4) is 0 Å². The van der Waals surface area contributed by atoms with Crippen LogP contribution in [0.3, 0.4) is 0 Å². The van der Waals surface area contributed by atoms with E-state index in [-0.39, 0.29) is 0 Å². The first-order valence-corrected chi connectivity index (χ1v) is 7.42. The number of carboxylic acid groups (broad SMARTS) is 1. The molecule has 1 heterocycles. The fraction of sp³-hybridized carbons (Fsp3) is 0.625. The third-order valence-corrected chi connectivity index (χ3v) is 4.26. The maximum absolute atomic E-state index is 11.4. The van der Waals surface area contributed by atoms with Gasteiger partial charge in [-0.1, -0.05) is 19.8 Å². The quantitative estimate of drug-likeness (QED) is 0.881. The van der Waals surface area contributed by atoms with E-state index in [4.69, 9.17) is 0 Å². The predicted octanol–water partition coefficient (Wildman–Crippen LogP) is 3.63. The van der Waals surface area contributed by atoms with Crippen LogP contribution in [0.2, 0.25) is 0 Å². The van der Waals surface area contributed by atoms with Crippen LogP contribution in [0.1, 0.15) is 54.4 Å². The zero-order valence-corrected chi connectivity index (χ0v) is 12.6. The molecule has 0 aromatic carbocycles. The van der Waals surface area contributed by atoms with Crippen LogP contribution in [0.5, 0.6) is 0 Å². The molecule has 0 saturated heterocycles. The number of rotatable bonds is 4. The second-order valence-electron chi connectivity index (χ2n) is 6.08. The molecule has 2 rings (SSSR count). The molecule has 2 N–H and O–H groups in total. The number of hydrogen-bond donors (Lipinski definition) is 2. The Hall–Kier alpha value is -1.58. The number of hydrogen-bond acceptors (Lipinski definition) is 3. The zero-order valence-electron chi connectivity index (χ0n) is 12.6. The fourth-order valence-corrected chi connectivity index (χ4v) is 3.03. The van der Waals surface area contributed by atoms with Crippen molar-refractivity contribution in [2.24, 2.45) is 11.8 Å². The number of aromatic nitrogens is 1.